The number of ether oxygens (including phenoxy) is 1. The molecule has 92 valence electrons. The molecular weight excluding hydrogens is 284 g/mol. The van der Waals surface area contributed by atoms with Crippen molar-refractivity contribution >= 4 is 27.7 Å². The standard InChI is InChI=1S/C13H15BrO3/c1-8-4-5-10(7-12(16)17-3)6-11(8)13(14)9(2)15/h4-6,13H,7H2,1-3H3. The first-order valence-electron chi connectivity index (χ1n) is 5.26. The van der Waals surface area contributed by atoms with Gasteiger partial charge in [0.15, 0.2) is 0 Å². The average molecular weight is 299 g/mol. The van der Waals surface area contributed by atoms with Crippen LogP contribution in [0.3, 0.4) is 0 Å². The molecule has 0 radical (unpaired) electrons. The first-order chi connectivity index (χ1) is 7.95. The van der Waals surface area contributed by atoms with Crippen LogP contribution in [0.15, 0.2) is 18.2 Å². The highest BCUT2D eigenvalue weighted by molar-refractivity contribution is 9.09. The van der Waals surface area contributed by atoms with Crippen molar-refractivity contribution < 1.29 is 14.3 Å². The van der Waals surface area contributed by atoms with Gasteiger partial charge in [0.25, 0.3) is 0 Å². The Balaban J connectivity index is 3.02. The molecule has 0 spiro atoms. The van der Waals surface area contributed by atoms with Crippen molar-refractivity contribution in [1.29, 1.82) is 0 Å². The van der Waals surface area contributed by atoms with E-state index in [1.807, 2.05) is 25.1 Å². The van der Waals surface area contributed by atoms with Crippen molar-refractivity contribution in [3.8, 4) is 0 Å². The van der Waals surface area contributed by atoms with Crippen LogP contribution < -0.4 is 0 Å². The summed E-state index contributed by atoms with van der Waals surface area (Å²) in [5.41, 5.74) is 2.78. The minimum Gasteiger partial charge on any atom is -0.469 e. The molecule has 0 aliphatic carbocycles. The van der Waals surface area contributed by atoms with Crippen LogP contribution in [0, 0.1) is 6.92 Å². The van der Waals surface area contributed by atoms with Gasteiger partial charge in [-0.25, -0.2) is 0 Å². The molecule has 0 saturated heterocycles. The van der Waals surface area contributed by atoms with E-state index in [1.54, 1.807) is 0 Å². The number of rotatable bonds is 4. The highest BCUT2D eigenvalue weighted by Crippen LogP contribution is 2.27. The lowest BCUT2D eigenvalue weighted by molar-refractivity contribution is -0.139. The smallest absolute Gasteiger partial charge is 0.309 e. The number of esters is 1. The number of carbonyl (C=O) groups is 2. The predicted molar refractivity (Wildman–Crippen MR) is 69.2 cm³/mol. The molecule has 0 heterocycles. The zero-order valence-electron chi connectivity index (χ0n) is 10.1. The largest absolute Gasteiger partial charge is 0.469 e. The summed E-state index contributed by atoms with van der Waals surface area (Å²) in [6.45, 7) is 3.47. The molecule has 0 bridgehead atoms. The summed E-state index contributed by atoms with van der Waals surface area (Å²) in [4.78, 5) is 22.2. The van der Waals surface area contributed by atoms with Crippen molar-refractivity contribution in [3.63, 3.8) is 0 Å². The molecule has 17 heavy (non-hydrogen) atoms. The van der Waals surface area contributed by atoms with Gasteiger partial charge in [0.2, 0.25) is 0 Å². The third-order valence-corrected chi connectivity index (χ3v) is 3.69. The molecule has 1 aromatic carbocycles. The van der Waals surface area contributed by atoms with Crippen LogP contribution in [-0.2, 0) is 20.7 Å². The van der Waals surface area contributed by atoms with Gasteiger partial charge in [0.05, 0.1) is 18.4 Å². The van der Waals surface area contributed by atoms with Crippen molar-refractivity contribution in [2.24, 2.45) is 0 Å². The fourth-order valence-corrected chi connectivity index (χ4v) is 2.02. The van der Waals surface area contributed by atoms with E-state index in [9.17, 15) is 9.59 Å². The quantitative estimate of drug-likeness (QED) is 0.634. The predicted octanol–water partition coefficient (Wildman–Crippen LogP) is 2.74. The van der Waals surface area contributed by atoms with E-state index in [-0.39, 0.29) is 23.0 Å². The van der Waals surface area contributed by atoms with E-state index >= 15 is 0 Å². The Kier molecular flexibility index (Phi) is 4.87. The maximum absolute atomic E-state index is 11.3. The van der Waals surface area contributed by atoms with Gasteiger partial charge in [-0.1, -0.05) is 34.1 Å². The van der Waals surface area contributed by atoms with Crippen LogP contribution in [0.25, 0.3) is 0 Å². The van der Waals surface area contributed by atoms with Gasteiger partial charge < -0.3 is 4.74 Å². The molecule has 1 aromatic rings. The summed E-state index contributed by atoms with van der Waals surface area (Å²) in [6, 6.07) is 5.65. The first-order valence-corrected chi connectivity index (χ1v) is 6.18. The Bertz CT molecular complexity index is 440. The highest BCUT2D eigenvalue weighted by Gasteiger charge is 2.16. The molecule has 0 aliphatic heterocycles. The molecule has 4 heteroatoms. The van der Waals surface area contributed by atoms with Crippen LogP contribution in [0.4, 0.5) is 0 Å². The van der Waals surface area contributed by atoms with E-state index in [0.717, 1.165) is 16.7 Å². The lowest BCUT2D eigenvalue weighted by Crippen LogP contribution is -2.07. The number of carbonyl (C=O) groups excluding carboxylic acids is 2. The third-order valence-electron chi connectivity index (χ3n) is 2.55. The molecule has 0 aliphatic rings. The number of aryl methyl sites for hydroxylation is 1. The summed E-state index contributed by atoms with van der Waals surface area (Å²) >= 11 is 3.35. The summed E-state index contributed by atoms with van der Waals surface area (Å²) in [7, 11) is 1.36. The molecule has 3 nitrogen and oxygen atoms in total. The van der Waals surface area contributed by atoms with Crippen LogP contribution in [0.5, 0.6) is 0 Å². The van der Waals surface area contributed by atoms with Gasteiger partial charge in [-0.15, -0.1) is 0 Å². The Morgan fingerprint density at radius 2 is 2.06 bits per heavy atom. The second-order valence-electron chi connectivity index (χ2n) is 3.92. The Labute approximate surface area is 109 Å². The molecule has 0 N–H and O–H groups in total. The van der Waals surface area contributed by atoms with E-state index in [2.05, 4.69) is 20.7 Å². The zero-order chi connectivity index (χ0) is 13.0. The number of hydrogen-bond donors (Lipinski definition) is 0. The number of methoxy groups -OCH3 is 1. The van der Waals surface area contributed by atoms with Gasteiger partial charge in [-0.3, -0.25) is 9.59 Å². The maximum atomic E-state index is 11.3. The third kappa shape index (κ3) is 3.66. The summed E-state index contributed by atoms with van der Waals surface area (Å²) in [5, 5.41) is 0. The first kappa shape index (κ1) is 13.9. The fraction of sp³-hybridized carbons (Fsp3) is 0.385. The lowest BCUT2D eigenvalue weighted by Gasteiger charge is -2.12. The van der Waals surface area contributed by atoms with Gasteiger partial charge in [0.1, 0.15) is 5.78 Å². The van der Waals surface area contributed by atoms with Crippen molar-refractivity contribution in [1.82, 2.24) is 0 Å². The van der Waals surface area contributed by atoms with Gasteiger partial charge in [-0.2, -0.15) is 0 Å². The second kappa shape index (κ2) is 5.96. The van der Waals surface area contributed by atoms with E-state index in [0.29, 0.717) is 0 Å². The monoisotopic (exact) mass is 298 g/mol. The van der Waals surface area contributed by atoms with Crippen LogP contribution in [0.1, 0.15) is 28.4 Å². The molecule has 1 rings (SSSR count). The number of alkyl halides is 1. The van der Waals surface area contributed by atoms with Gasteiger partial charge in [0, 0.05) is 0 Å². The molecule has 1 atom stereocenters. The van der Waals surface area contributed by atoms with Crippen LogP contribution >= 0.6 is 15.9 Å². The Morgan fingerprint density at radius 1 is 1.41 bits per heavy atom. The molecule has 0 amide bonds. The summed E-state index contributed by atoms with van der Waals surface area (Å²) < 4.78 is 4.61. The lowest BCUT2D eigenvalue weighted by atomic mass is 9.99. The van der Waals surface area contributed by atoms with Crippen molar-refractivity contribution in [3.05, 3.63) is 34.9 Å². The minimum absolute atomic E-state index is 0.0447. The molecule has 0 fully saturated rings. The van der Waals surface area contributed by atoms with Crippen LogP contribution in [-0.4, -0.2) is 18.9 Å². The van der Waals surface area contributed by atoms with E-state index < -0.39 is 0 Å². The zero-order valence-corrected chi connectivity index (χ0v) is 11.7. The molecule has 1 unspecified atom stereocenters. The summed E-state index contributed by atoms with van der Waals surface area (Å²) in [6.07, 6.45) is 0.224. The van der Waals surface area contributed by atoms with E-state index in [1.165, 1.54) is 14.0 Å². The summed E-state index contributed by atoms with van der Waals surface area (Å²) in [5.74, 6) is -0.239. The van der Waals surface area contributed by atoms with Crippen molar-refractivity contribution in [2.45, 2.75) is 25.1 Å². The molecular formula is C13H15BrO3. The Hall–Kier alpha value is -1.16. The van der Waals surface area contributed by atoms with Gasteiger partial charge in [-0.05, 0) is 30.5 Å². The van der Waals surface area contributed by atoms with Crippen LogP contribution in [0.2, 0.25) is 0 Å². The number of hydrogen-bond acceptors (Lipinski definition) is 3. The molecule has 0 aromatic heterocycles. The van der Waals surface area contributed by atoms with E-state index in [4.69, 9.17) is 0 Å². The number of halogens is 1. The minimum atomic E-state index is -0.319. The average Bonchev–Trinajstić information content (AvgIpc) is 2.30. The fourth-order valence-electron chi connectivity index (χ4n) is 1.53. The number of Topliss-reactive ketones (excluding diaryl/α,β-unsaturated/α-hetero) is 1. The SMILES string of the molecule is COC(=O)Cc1ccc(C)c(C(Br)C(C)=O)c1. The molecule has 0 saturated carbocycles. The highest BCUT2D eigenvalue weighted by atomic mass is 79.9. The van der Waals surface area contributed by atoms with Gasteiger partial charge >= 0.3 is 5.97 Å². The van der Waals surface area contributed by atoms with Crippen molar-refractivity contribution in [2.75, 3.05) is 7.11 Å². The number of ketones is 1. The maximum Gasteiger partial charge on any atom is 0.309 e. The number of benzene rings is 1. The topological polar surface area (TPSA) is 43.4 Å². The Morgan fingerprint density at radius 3 is 2.59 bits per heavy atom. The normalized spacial score (nSPS) is 12.0. The second-order valence-corrected chi connectivity index (χ2v) is 4.83.